The lowest BCUT2D eigenvalue weighted by Gasteiger charge is -2.12. The Labute approximate surface area is 102 Å². The van der Waals surface area contributed by atoms with Gasteiger partial charge in [0.25, 0.3) is 0 Å². The molecule has 1 amide bonds. The summed E-state index contributed by atoms with van der Waals surface area (Å²) in [5.74, 6) is -0.369. The highest BCUT2D eigenvalue weighted by Gasteiger charge is 2.06. The standard InChI is InChI=1S/C11H22N2O4/c1-4-17-11(15)5-6-12-7-10(14)13-9(2)8-16-3/h9,12H,4-8H2,1-3H3,(H,13,14). The zero-order valence-corrected chi connectivity index (χ0v) is 10.7. The zero-order valence-electron chi connectivity index (χ0n) is 10.7. The molecule has 0 aliphatic rings. The van der Waals surface area contributed by atoms with Gasteiger partial charge in [0, 0.05) is 19.7 Å². The van der Waals surface area contributed by atoms with E-state index in [1.807, 2.05) is 6.92 Å². The number of methoxy groups -OCH3 is 1. The van der Waals surface area contributed by atoms with Crippen LogP contribution >= 0.6 is 0 Å². The minimum atomic E-state index is -0.256. The molecular formula is C11H22N2O4. The van der Waals surface area contributed by atoms with E-state index in [-0.39, 0.29) is 30.9 Å². The smallest absolute Gasteiger partial charge is 0.307 e. The van der Waals surface area contributed by atoms with Crippen LogP contribution in [0.2, 0.25) is 0 Å². The summed E-state index contributed by atoms with van der Waals surface area (Å²) in [4.78, 5) is 22.3. The molecule has 0 saturated heterocycles. The van der Waals surface area contributed by atoms with Crippen molar-refractivity contribution in [1.82, 2.24) is 10.6 Å². The van der Waals surface area contributed by atoms with Gasteiger partial charge in [-0.2, -0.15) is 0 Å². The highest BCUT2D eigenvalue weighted by atomic mass is 16.5. The van der Waals surface area contributed by atoms with Crippen molar-refractivity contribution in [3.8, 4) is 0 Å². The molecule has 2 N–H and O–H groups in total. The van der Waals surface area contributed by atoms with E-state index < -0.39 is 0 Å². The maximum Gasteiger partial charge on any atom is 0.307 e. The molecule has 0 radical (unpaired) electrons. The fourth-order valence-corrected chi connectivity index (χ4v) is 1.24. The van der Waals surface area contributed by atoms with Crippen molar-refractivity contribution in [1.29, 1.82) is 0 Å². The summed E-state index contributed by atoms with van der Waals surface area (Å²) in [5.41, 5.74) is 0. The van der Waals surface area contributed by atoms with E-state index in [2.05, 4.69) is 10.6 Å². The normalized spacial score (nSPS) is 11.9. The Morgan fingerprint density at radius 3 is 2.65 bits per heavy atom. The van der Waals surface area contributed by atoms with E-state index in [9.17, 15) is 9.59 Å². The number of nitrogens with one attached hydrogen (secondary N) is 2. The number of rotatable bonds is 9. The van der Waals surface area contributed by atoms with E-state index in [4.69, 9.17) is 9.47 Å². The Morgan fingerprint density at radius 1 is 1.35 bits per heavy atom. The number of hydrogen-bond acceptors (Lipinski definition) is 5. The minimum absolute atomic E-state index is 0.0145. The van der Waals surface area contributed by atoms with Crippen molar-refractivity contribution < 1.29 is 19.1 Å². The van der Waals surface area contributed by atoms with Crippen molar-refractivity contribution in [3.05, 3.63) is 0 Å². The maximum atomic E-state index is 11.4. The van der Waals surface area contributed by atoms with Gasteiger partial charge in [-0.25, -0.2) is 0 Å². The van der Waals surface area contributed by atoms with E-state index in [0.717, 1.165) is 0 Å². The van der Waals surface area contributed by atoms with E-state index in [1.54, 1.807) is 14.0 Å². The zero-order chi connectivity index (χ0) is 13.1. The van der Waals surface area contributed by atoms with Crippen LogP contribution in [0.3, 0.4) is 0 Å². The molecule has 0 aromatic carbocycles. The van der Waals surface area contributed by atoms with Gasteiger partial charge in [0.05, 0.1) is 26.2 Å². The molecule has 0 aromatic rings. The molecular weight excluding hydrogens is 224 g/mol. The molecule has 1 unspecified atom stereocenters. The van der Waals surface area contributed by atoms with Crippen molar-refractivity contribution in [2.75, 3.05) is 33.4 Å². The maximum absolute atomic E-state index is 11.4. The number of esters is 1. The molecule has 0 saturated carbocycles. The van der Waals surface area contributed by atoms with Crippen LogP contribution in [0.25, 0.3) is 0 Å². The monoisotopic (exact) mass is 246 g/mol. The highest BCUT2D eigenvalue weighted by Crippen LogP contribution is 1.84. The molecule has 17 heavy (non-hydrogen) atoms. The predicted molar refractivity (Wildman–Crippen MR) is 63.6 cm³/mol. The summed E-state index contributed by atoms with van der Waals surface area (Å²) in [6, 6.07) is -0.0145. The summed E-state index contributed by atoms with van der Waals surface area (Å²) in [5, 5.41) is 5.62. The first-order valence-corrected chi connectivity index (χ1v) is 5.74. The molecule has 0 fully saturated rings. The fraction of sp³-hybridized carbons (Fsp3) is 0.818. The first-order chi connectivity index (χ1) is 8.10. The van der Waals surface area contributed by atoms with Gasteiger partial charge in [-0.15, -0.1) is 0 Å². The SMILES string of the molecule is CCOC(=O)CCNCC(=O)NC(C)COC. The van der Waals surface area contributed by atoms with Crippen molar-refractivity contribution in [2.24, 2.45) is 0 Å². The van der Waals surface area contributed by atoms with Gasteiger partial charge in [0.15, 0.2) is 0 Å². The third kappa shape index (κ3) is 9.77. The van der Waals surface area contributed by atoms with Crippen LogP contribution in [0.1, 0.15) is 20.3 Å². The molecule has 0 aliphatic carbocycles. The van der Waals surface area contributed by atoms with Gasteiger partial charge in [-0.1, -0.05) is 0 Å². The largest absolute Gasteiger partial charge is 0.466 e. The number of carbonyl (C=O) groups excluding carboxylic acids is 2. The second kappa shape index (κ2) is 10.0. The summed E-state index contributed by atoms with van der Waals surface area (Å²) in [6.07, 6.45) is 0.273. The van der Waals surface area contributed by atoms with Gasteiger partial charge >= 0.3 is 5.97 Å². The Kier molecular flexibility index (Phi) is 9.37. The number of hydrogen-bond donors (Lipinski definition) is 2. The Balaban J connectivity index is 3.48. The lowest BCUT2D eigenvalue weighted by atomic mass is 10.3. The quantitative estimate of drug-likeness (QED) is 0.431. The molecule has 0 aliphatic heterocycles. The van der Waals surface area contributed by atoms with Crippen LogP contribution in [0.15, 0.2) is 0 Å². The second-order valence-electron chi connectivity index (χ2n) is 3.66. The van der Waals surface area contributed by atoms with Crippen molar-refractivity contribution in [2.45, 2.75) is 26.3 Å². The summed E-state index contributed by atoms with van der Waals surface area (Å²) in [6.45, 7) is 5.11. The average molecular weight is 246 g/mol. The summed E-state index contributed by atoms with van der Waals surface area (Å²) >= 11 is 0. The number of ether oxygens (including phenoxy) is 2. The lowest BCUT2D eigenvalue weighted by Crippen LogP contribution is -2.41. The third-order valence-corrected chi connectivity index (χ3v) is 1.92. The number of amides is 1. The summed E-state index contributed by atoms with van der Waals surface area (Å²) in [7, 11) is 1.58. The van der Waals surface area contributed by atoms with Crippen LogP contribution in [-0.4, -0.2) is 51.3 Å². The van der Waals surface area contributed by atoms with Crippen LogP contribution in [-0.2, 0) is 19.1 Å². The molecule has 100 valence electrons. The molecule has 0 heterocycles. The molecule has 0 bridgehead atoms. The third-order valence-electron chi connectivity index (χ3n) is 1.92. The van der Waals surface area contributed by atoms with Crippen molar-refractivity contribution >= 4 is 11.9 Å². The fourth-order valence-electron chi connectivity index (χ4n) is 1.24. The average Bonchev–Trinajstić information content (AvgIpc) is 2.25. The van der Waals surface area contributed by atoms with E-state index in [0.29, 0.717) is 19.8 Å². The molecule has 6 heteroatoms. The molecule has 1 atom stereocenters. The van der Waals surface area contributed by atoms with Gasteiger partial charge < -0.3 is 20.1 Å². The van der Waals surface area contributed by atoms with Crippen molar-refractivity contribution in [3.63, 3.8) is 0 Å². The molecule has 0 rings (SSSR count). The Bertz CT molecular complexity index is 234. The lowest BCUT2D eigenvalue weighted by molar-refractivity contribution is -0.143. The first-order valence-electron chi connectivity index (χ1n) is 5.74. The van der Waals surface area contributed by atoms with Gasteiger partial charge in [0.2, 0.25) is 5.91 Å². The van der Waals surface area contributed by atoms with Gasteiger partial charge in [-0.05, 0) is 13.8 Å². The van der Waals surface area contributed by atoms with Crippen LogP contribution < -0.4 is 10.6 Å². The number of carbonyl (C=O) groups is 2. The first kappa shape index (κ1) is 15.9. The predicted octanol–water partition coefficient (Wildman–Crippen LogP) is -0.320. The van der Waals surface area contributed by atoms with Crippen LogP contribution in [0, 0.1) is 0 Å². The van der Waals surface area contributed by atoms with E-state index >= 15 is 0 Å². The van der Waals surface area contributed by atoms with Crippen LogP contribution in [0.4, 0.5) is 0 Å². The van der Waals surface area contributed by atoms with Crippen LogP contribution in [0.5, 0.6) is 0 Å². The highest BCUT2D eigenvalue weighted by molar-refractivity contribution is 5.78. The molecule has 6 nitrogen and oxygen atoms in total. The van der Waals surface area contributed by atoms with E-state index in [1.165, 1.54) is 0 Å². The topological polar surface area (TPSA) is 76.7 Å². The Morgan fingerprint density at radius 2 is 2.06 bits per heavy atom. The molecule has 0 aromatic heterocycles. The summed E-state index contributed by atoms with van der Waals surface area (Å²) < 4.78 is 9.64. The molecule has 0 spiro atoms. The van der Waals surface area contributed by atoms with Gasteiger partial charge in [0.1, 0.15) is 0 Å². The minimum Gasteiger partial charge on any atom is -0.466 e. The second-order valence-corrected chi connectivity index (χ2v) is 3.66. The van der Waals surface area contributed by atoms with Gasteiger partial charge in [-0.3, -0.25) is 9.59 Å². The Hall–Kier alpha value is -1.14.